The molecule has 0 aliphatic rings. The first-order valence-corrected chi connectivity index (χ1v) is 6.80. The van der Waals surface area contributed by atoms with Crippen molar-refractivity contribution < 1.29 is 10.0 Å². The molecule has 0 saturated heterocycles. The van der Waals surface area contributed by atoms with Gasteiger partial charge in [-0.05, 0) is 37.3 Å². The summed E-state index contributed by atoms with van der Waals surface area (Å²) in [7, 11) is 0. The molecule has 0 spiro atoms. The number of hydrogen-bond donors (Lipinski definition) is 1. The van der Waals surface area contributed by atoms with Gasteiger partial charge in [-0.2, -0.15) is 0 Å². The highest BCUT2D eigenvalue weighted by molar-refractivity contribution is 7.99. The number of nitrogens with zero attached hydrogens (tertiary/aromatic N) is 1. The van der Waals surface area contributed by atoms with Gasteiger partial charge >= 0.3 is 0 Å². The molecular formula is C15H13NO3S. The summed E-state index contributed by atoms with van der Waals surface area (Å²) in [6.45, 7) is 1.88. The van der Waals surface area contributed by atoms with Crippen LogP contribution in [0.2, 0.25) is 0 Å². The van der Waals surface area contributed by atoms with Crippen molar-refractivity contribution in [2.75, 3.05) is 0 Å². The summed E-state index contributed by atoms with van der Waals surface area (Å²) in [5, 5.41) is 20.3. The average molecular weight is 287 g/mol. The molecule has 2 aromatic rings. The maximum atomic E-state index is 10.6. The zero-order valence-electron chi connectivity index (χ0n) is 10.8. The van der Waals surface area contributed by atoms with E-state index in [9.17, 15) is 15.2 Å². The van der Waals surface area contributed by atoms with Crippen LogP contribution in [0.4, 0.5) is 5.69 Å². The molecule has 2 rings (SSSR count). The monoisotopic (exact) mass is 287 g/mol. The van der Waals surface area contributed by atoms with Crippen molar-refractivity contribution in [2.24, 2.45) is 0 Å². The summed E-state index contributed by atoms with van der Waals surface area (Å²) in [5.74, 6) is 0.233. The molecule has 0 radical (unpaired) electrons. The molecule has 0 bridgehead atoms. The van der Waals surface area contributed by atoms with Gasteiger partial charge in [0, 0.05) is 27.5 Å². The number of phenolic OH excluding ortho intramolecular Hbond substituents is 1. The van der Waals surface area contributed by atoms with Crippen molar-refractivity contribution in [3.8, 4) is 5.75 Å². The molecule has 0 heterocycles. The van der Waals surface area contributed by atoms with Crippen LogP contribution in [0.15, 0.2) is 58.3 Å². The largest absolute Gasteiger partial charge is 0.507 e. The number of benzene rings is 2. The number of phenols is 1. The normalized spacial score (nSPS) is 10.8. The number of aromatic hydroxyl groups is 1. The van der Waals surface area contributed by atoms with Gasteiger partial charge in [-0.1, -0.05) is 23.9 Å². The minimum atomic E-state index is -0.418. The lowest BCUT2D eigenvalue weighted by molar-refractivity contribution is -0.384. The Hall–Kier alpha value is -2.27. The van der Waals surface area contributed by atoms with Gasteiger partial charge in [-0.25, -0.2) is 0 Å². The molecule has 0 aromatic heterocycles. The first-order valence-electron chi connectivity index (χ1n) is 5.98. The number of non-ortho nitro benzene ring substituents is 1. The first-order chi connectivity index (χ1) is 9.60. The van der Waals surface area contributed by atoms with Gasteiger partial charge in [0.15, 0.2) is 0 Å². The van der Waals surface area contributed by atoms with Gasteiger partial charge in [0.2, 0.25) is 0 Å². The van der Waals surface area contributed by atoms with Crippen LogP contribution in [0.5, 0.6) is 5.75 Å². The van der Waals surface area contributed by atoms with Crippen LogP contribution in [0.25, 0.3) is 6.08 Å². The zero-order chi connectivity index (χ0) is 14.5. The van der Waals surface area contributed by atoms with Crippen LogP contribution in [0, 0.1) is 10.1 Å². The average Bonchev–Trinajstić information content (AvgIpc) is 2.43. The number of nitro benzene ring substituents is 1. The Labute approximate surface area is 120 Å². The second-order valence-corrected chi connectivity index (χ2v) is 5.22. The Balaban J connectivity index is 2.21. The minimum Gasteiger partial charge on any atom is -0.507 e. The van der Waals surface area contributed by atoms with Crippen LogP contribution >= 0.6 is 11.8 Å². The van der Waals surface area contributed by atoms with E-state index < -0.39 is 4.92 Å². The quantitative estimate of drug-likeness (QED) is 0.665. The molecule has 0 atom stereocenters. The van der Waals surface area contributed by atoms with Crippen LogP contribution in [0.1, 0.15) is 12.5 Å². The summed E-state index contributed by atoms with van der Waals surface area (Å²) in [6.07, 6.45) is 3.69. The molecule has 0 unspecified atom stereocenters. The van der Waals surface area contributed by atoms with Crippen molar-refractivity contribution in [2.45, 2.75) is 16.7 Å². The van der Waals surface area contributed by atoms with E-state index in [0.717, 1.165) is 15.4 Å². The first kappa shape index (κ1) is 14.1. The van der Waals surface area contributed by atoms with E-state index in [0.29, 0.717) is 0 Å². The minimum absolute atomic E-state index is 0.0784. The van der Waals surface area contributed by atoms with E-state index in [2.05, 4.69) is 0 Å². The second-order valence-electron chi connectivity index (χ2n) is 4.07. The fourth-order valence-electron chi connectivity index (χ4n) is 1.68. The molecule has 102 valence electrons. The van der Waals surface area contributed by atoms with E-state index >= 15 is 0 Å². The van der Waals surface area contributed by atoms with Crippen LogP contribution in [-0.4, -0.2) is 10.0 Å². The highest BCUT2D eigenvalue weighted by Crippen LogP contribution is 2.32. The molecule has 0 fully saturated rings. The second kappa shape index (κ2) is 6.25. The highest BCUT2D eigenvalue weighted by atomic mass is 32.2. The predicted octanol–water partition coefficient (Wildman–Crippen LogP) is 4.48. The summed E-state index contributed by atoms with van der Waals surface area (Å²) < 4.78 is 0. The Morgan fingerprint density at radius 1 is 1.15 bits per heavy atom. The van der Waals surface area contributed by atoms with Gasteiger partial charge in [-0.3, -0.25) is 10.1 Å². The topological polar surface area (TPSA) is 63.4 Å². The van der Waals surface area contributed by atoms with E-state index in [4.69, 9.17) is 0 Å². The van der Waals surface area contributed by atoms with E-state index in [1.807, 2.05) is 31.2 Å². The standard InChI is InChI=1S/C15H13NO3S/c1-2-3-11-10-14(8-9-15(11)17)20-13-6-4-12(5-7-13)16(18)19/h2-10,17H,1H3/b3-2+. The summed E-state index contributed by atoms with van der Waals surface area (Å²) in [6, 6.07) is 11.7. The fraction of sp³-hybridized carbons (Fsp3) is 0.0667. The summed E-state index contributed by atoms with van der Waals surface area (Å²) in [5.41, 5.74) is 0.828. The van der Waals surface area contributed by atoms with Crippen molar-refractivity contribution in [3.05, 3.63) is 64.2 Å². The maximum Gasteiger partial charge on any atom is 0.269 e. The molecule has 5 heteroatoms. The summed E-state index contributed by atoms with van der Waals surface area (Å²) >= 11 is 1.49. The van der Waals surface area contributed by atoms with E-state index in [1.165, 1.54) is 23.9 Å². The highest BCUT2D eigenvalue weighted by Gasteiger charge is 2.06. The van der Waals surface area contributed by atoms with E-state index in [-0.39, 0.29) is 11.4 Å². The van der Waals surface area contributed by atoms with Crippen LogP contribution < -0.4 is 0 Å². The Kier molecular flexibility index (Phi) is 4.42. The van der Waals surface area contributed by atoms with Gasteiger partial charge in [-0.15, -0.1) is 0 Å². The number of hydrogen-bond acceptors (Lipinski definition) is 4. The van der Waals surface area contributed by atoms with Crippen molar-refractivity contribution in [1.29, 1.82) is 0 Å². The Bertz CT molecular complexity index is 651. The molecule has 0 amide bonds. The predicted molar refractivity (Wildman–Crippen MR) is 80.0 cm³/mol. The third-order valence-electron chi connectivity index (χ3n) is 2.63. The smallest absolute Gasteiger partial charge is 0.269 e. The number of nitro groups is 1. The molecule has 4 nitrogen and oxygen atoms in total. The molecule has 1 N–H and O–H groups in total. The van der Waals surface area contributed by atoms with Gasteiger partial charge in [0.1, 0.15) is 5.75 Å². The third kappa shape index (κ3) is 3.39. The van der Waals surface area contributed by atoms with Gasteiger partial charge in [0.25, 0.3) is 5.69 Å². The molecule has 0 aliphatic heterocycles. The molecule has 2 aromatic carbocycles. The molecule has 0 saturated carbocycles. The molecule has 0 aliphatic carbocycles. The van der Waals surface area contributed by atoms with Crippen molar-refractivity contribution >= 4 is 23.5 Å². The number of allylic oxidation sites excluding steroid dienone is 1. The maximum absolute atomic E-state index is 10.6. The van der Waals surface area contributed by atoms with E-state index in [1.54, 1.807) is 18.2 Å². The lowest BCUT2D eigenvalue weighted by Gasteiger charge is -2.05. The van der Waals surface area contributed by atoms with Crippen LogP contribution in [-0.2, 0) is 0 Å². The molecule has 20 heavy (non-hydrogen) atoms. The zero-order valence-corrected chi connectivity index (χ0v) is 11.6. The van der Waals surface area contributed by atoms with Crippen LogP contribution in [0.3, 0.4) is 0 Å². The van der Waals surface area contributed by atoms with Crippen molar-refractivity contribution in [1.82, 2.24) is 0 Å². The summed E-state index contributed by atoms with van der Waals surface area (Å²) in [4.78, 5) is 12.0. The van der Waals surface area contributed by atoms with Gasteiger partial charge < -0.3 is 5.11 Å². The third-order valence-corrected chi connectivity index (χ3v) is 3.63. The number of rotatable bonds is 4. The van der Waals surface area contributed by atoms with Crippen molar-refractivity contribution in [3.63, 3.8) is 0 Å². The lowest BCUT2D eigenvalue weighted by Crippen LogP contribution is -1.86. The fourth-order valence-corrected chi connectivity index (χ4v) is 2.55. The SMILES string of the molecule is C/C=C/c1cc(Sc2ccc([N+](=O)[O-])cc2)ccc1O. The molecular weight excluding hydrogens is 274 g/mol. The Morgan fingerprint density at radius 3 is 2.40 bits per heavy atom. The van der Waals surface area contributed by atoms with Gasteiger partial charge in [0.05, 0.1) is 4.92 Å². The lowest BCUT2D eigenvalue weighted by atomic mass is 10.2. The Morgan fingerprint density at radius 2 is 1.80 bits per heavy atom.